The number of aromatic nitrogens is 1. The summed E-state index contributed by atoms with van der Waals surface area (Å²) >= 11 is 1.45. The van der Waals surface area contributed by atoms with Crippen LogP contribution in [0, 0.1) is 6.92 Å². The number of halogens is 3. The van der Waals surface area contributed by atoms with E-state index in [2.05, 4.69) is 10.3 Å². The predicted octanol–water partition coefficient (Wildman–Crippen LogP) is 4.54. The molecule has 9 heteroatoms. The highest BCUT2D eigenvalue weighted by Crippen LogP contribution is 2.30. The molecule has 0 saturated carbocycles. The molecule has 0 fully saturated rings. The zero-order valence-electron chi connectivity index (χ0n) is 14.2. The number of nitrogens with one attached hydrogen (secondary N) is 1. The van der Waals surface area contributed by atoms with Crippen molar-refractivity contribution in [3.05, 3.63) is 58.8 Å². The van der Waals surface area contributed by atoms with E-state index in [1.54, 1.807) is 6.92 Å². The van der Waals surface area contributed by atoms with Crippen LogP contribution in [0.1, 0.15) is 21.8 Å². The number of aryl methyl sites for hydroxylation is 1. The van der Waals surface area contributed by atoms with E-state index in [-0.39, 0.29) is 24.6 Å². The number of hydrogen-bond acceptors (Lipinski definition) is 5. The molecular weight excluding hydrogens is 381 g/mol. The van der Waals surface area contributed by atoms with Crippen LogP contribution in [0.4, 0.5) is 13.2 Å². The third-order valence-corrected chi connectivity index (χ3v) is 4.44. The Bertz CT molecular complexity index is 903. The summed E-state index contributed by atoms with van der Waals surface area (Å²) in [6, 6.07) is 8.06. The summed E-state index contributed by atoms with van der Waals surface area (Å²) in [7, 11) is 0. The van der Waals surface area contributed by atoms with Gasteiger partial charge in [0.05, 0.1) is 17.0 Å². The zero-order valence-corrected chi connectivity index (χ0v) is 15.0. The first-order valence-corrected chi connectivity index (χ1v) is 8.82. The number of oxazole rings is 1. The maximum absolute atomic E-state index is 12.5. The van der Waals surface area contributed by atoms with Gasteiger partial charge in [0.15, 0.2) is 5.69 Å². The van der Waals surface area contributed by atoms with Gasteiger partial charge in [0.1, 0.15) is 18.1 Å². The molecule has 0 atom stereocenters. The molecule has 0 aliphatic heterocycles. The molecule has 3 aromatic rings. The fourth-order valence-corrected chi connectivity index (χ4v) is 2.92. The van der Waals surface area contributed by atoms with E-state index in [0.717, 1.165) is 17.0 Å². The monoisotopic (exact) mass is 396 g/mol. The number of hydrogen-bond donors (Lipinski definition) is 1. The van der Waals surface area contributed by atoms with Crippen LogP contribution in [-0.4, -0.2) is 24.0 Å². The number of rotatable bonds is 6. The van der Waals surface area contributed by atoms with Crippen molar-refractivity contribution >= 4 is 17.2 Å². The van der Waals surface area contributed by atoms with Gasteiger partial charge in [-0.05, 0) is 42.6 Å². The molecule has 0 spiro atoms. The predicted molar refractivity (Wildman–Crippen MR) is 93.8 cm³/mol. The Kier molecular flexibility index (Phi) is 5.50. The van der Waals surface area contributed by atoms with Gasteiger partial charge in [0.25, 0.3) is 5.91 Å². The van der Waals surface area contributed by atoms with E-state index in [1.807, 2.05) is 17.5 Å². The minimum atomic E-state index is -4.38. The average Bonchev–Trinajstić information content (AvgIpc) is 3.27. The van der Waals surface area contributed by atoms with Crippen LogP contribution in [-0.2, 0) is 6.18 Å². The molecule has 5 nitrogen and oxygen atoms in total. The molecule has 0 saturated heterocycles. The van der Waals surface area contributed by atoms with Gasteiger partial charge >= 0.3 is 6.18 Å². The largest absolute Gasteiger partial charge is 0.492 e. The molecule has 142 valence electrons. The lowest BCUT2D eigenvalue weighted by Gasteiger charge is -2.09. The molecule has 0 aliphatic carbocycles. The Labute approximate surface area is 156 Å². The molecule has 27 heavy (non-hydrogen) atoms. The molecule has 2 aromatic heterocycles. The molecule has 1 aromatic carbocycles. The summed E-state index contributed by atoms with van der Waals surface area (Å²) in [5, 5.41) is 4.52. The molecule has 0 aliphatic rings. The summed E-state index contributed by atoms with van der Waals surface area (Å²) in [4.78, 5) is 17.2. The molecule has 0 unspecified atom stereocenters. The number of amides is 1. The highest BCUT2D eigenvalue weighted by Gasteiger charge is 2.30. The first-order valence-electron chi connectivity index (χ1n) is 7.94. The minimum absolute atomic E-state index is 0.103. The second kappa shape index (κ2) is 7.83. The Morgan fingerprint density at radius 2 is 2.00 bits per heavy atom. The second-order valence-corrected chi connectivity index (χ2v) is 6.48. The first kappa shape index (κ1) is 19.0. The maximum Gasteiger partial charge on any atom is 0.416 e. The van der Waals surface area contributed by atoms with Crippen molar-refractivity contribution in [1.29, 1.82) is 0 Å². The summed E-state index contributed by atoms with van der Waals surface area (Å²) < 4.78 is 48.3. The van der Waals surface area contributed by atoms with Crippen LogP contribution in [0.3, 0.4) is 0 Å². The summed E-state index contributed by atoms with van der Waals surface area (Å²) in [5.41, 5.74) is -0.556. The molecule has 1 amide bonds. The summed E-state index contributed by atoms with van der Waals surface area (Å²) in [6.45, 7) is 1.92. The average molecular weight is 396 g/mol. The van der Waals surface area contributed by atoms with Gasteiger partial charge < -0.3 is 14.5 Å². The third kappa shape index (κ3) is 4.68. The Morgan fingerprint density at radius 3 is 2.63 bits per heavy atom. The van der Waals surface area contributed by atoms with Gasteiger partial charge in [-0.15, -0.1) is 11.3 Å². The Hall–Kier alpha value is -2.81. The molecule has 2 heterocycles. The molecule has 0 bridgehead atoms. The zero-order chi connectivity index (χ0) is 19.4. The van der Waals surface area contributed by atoms with Crippen LogP contribution >= 0.6 is 11.3 Å². The van der Waals surface area contributed by atoms with Crippen molar-refractivity contribution in [2.24, 2.45) is 0 Å². The van der Waals surface area contributed by atoms with E-state index >= 15 is 0 Å². The number of alkyl halides is 3. The summed E-state index contributed by atoms with van der Waals surface area (Å²) in [6.07, 6.45) is -4.38. The van der Waals surface area contributed by atoms with Crippen LogP contribution in [0.25, 0.3) is 10.8 Å². The lowest BCUT2D eigenvalue weighted by molar-refractivity contribution is -0.137. The van der Waals surface area contributed by atoms with Gasteiger partial charge in [-0.3, -0.25) is 4.79 Å². The smallest absolute Gasteiger partial charge is 0.416 e. The van der Waals surface area contributed by atoms with Crippen molar-refractivity contribution < 1.29 is 27.1 Å². The Balaban J connectivity index is 1.50. The van der Waals surface area contributed by atoms with Crippen LogP contribution in [0.5, 0.6) is 5.75 Å². The van der Waals surface area contributed by atoms with Gasteiger partial charge in [-0.1, -0.05) is 6.07 Å². The van der Waals surface area contributed by atoms with E-state index in [0.29, 0.717) is 11.7 Å². The van der Waals surface area contributed by atoms with Crippen LogP contribution in [0.2, 0.25) is 0 Å². The number of benzene rings is 1. The van der Waals surface area contributed by atoms with Gasteiger partial charge in [0.2, 0.25) is 5.89 Å². The van der Waals surface area contributed by atoms with E-state index in [1.165, 1.54) is 23.5 Å². The quantitative estimate of drug-likeness (QED) is 0.622. The second-order valence-electron chi connectivity index (χ2n) is 5.53. The van der Waals surface area contributed by atoms with Crippen LogP contribution < -0.4 is 10.1 Å². The Morgan fingerprint density at radius 1 is 1.26 bits per heavy atom. The van der Waals surface area contributed by atoms with Crippen molar-refractivity contribution in [3.8, 4) is 16.5 Å². The topological polar surface area (TPSA) is 64.4 Å². The number of ether oxygens (including phenoxy) is 1. The van der Waals surface area contributed by atoms with Crippen molar-refractivity contribution in [2.45, 2.75) is 13.1 Å². The van der Waals surface area contributed by atoms with E-state index in [9.17, 15) is 18.0 Å². The van der Waals surface area contributed by atoms with Gasteiger partial charge in [-0.25, -0.2) is 4.98 Å². The minimum Gasteiger partial charge on any atom is -0.492 e. The number of thiophene rings is 1. The fraction of sp³-hybridized carbons (Fsp3) is 0.222. The van der Waals surface area contributed by atoms with Crippen molar-refractivity contribution in [3.63, 3.8) is 0 Å². The molecular formula is C18H15F3N2O3S. The lowest BCUT2D eigenvalue weighted by atomic mass is 10.2. The standard InChI is InChI=1S/C18H15F3N2O3S/c1-11-15(23-17(26-11)14-3-2-10-27-14)16(24)22-8-9-25-13-6-4-12(5-7-13)18(19,20)21/h2-7,10H,8-9H2,1H3,(H,22,24). The van der Waals surface area contributed by atoms with E-state index < -0.39 is 17.6 Å². The highest BCUT2D eigenvalue weighted by atomic mass is 32.1. The number of carbonyl (C=O) groups is 1. The number of nitrogens with zero attached hydrogens (tertiary/aromatic N) is 1. The number of carbonyl (C=O) groups excluding carboxylic acids is 1. The van der Waals surface area contributed by atoms with Gasteiger partial charge in [0, 0.05) is 0 Å². The van der Waals surface area contributed by atoms with E-state index in [4.69, 9.17) is 9.15 Å². The SMILES string of the molecule is Cc1oc(-c2cccs2)nc1C(=O)NCCOc1ccc(C(F)(F)F)cc1. The third-order valence-electron chi connectivity index (χ3n) is 3.58. The van der Waals surface area contributed by atoms with Gasteiger partial charge in [-0.2, -0.15) is 13.2 Å². The molecule has 0 radical (unpaired) electrons. The highest BCUT2D eigenvalue weighted by molar-refractivity contribution is 7.13. The fourth-order valence-electron chi connectivity index (χ4n) is 2.27. The van der Waals surface area contributed by atoms with Crippen molar-refractivity contribution in [2.75, 3.05) is 13.2 Å². The molecule has 3 rings (SSSR count). The first-order chi connectivity index (χ1) is 12.8. The van der Waals surface area contributed by atoms with Crippen LogP contribution in [0.15, 0.2) is 46.2 Å². The maximum atomic E-state index is 12.5. The molecule has 1 N–H and O–H groups in total. The lowest BCUT2D eigenvalue weighted by Crippen LogP contribution is -2.28. The van der Waals surface area contributed by atoms with Crippen molar-refractivity contribution in [1.82, 2.24) is 10.3 Å². The normalized spacial score (nSPS) is 11.4. The summed E-state index contributed by atoms with van der Waals surface area (Å²) in [5.74, 6) is 0.665.